The van der Waals surface area contributed by atoms with E-state index in [-0.39, 0.29) is 17.8 Å². The van der Waals surface area contributed by atoms with Gasteiger partial charge in [0, 0.05) is 13.1 Å². The molecule has 1 fully saturated rings. The van der Waals surface area contributed by atoms with Crippen molar-refractivity contribution >= 4 is 21.8 Å². The van der Waals surface area contributed by atoms with Crippen LogP contribution in [0.1, 0.15) is 18.4 Å². The molecule has 17 heavy (non-hydrogen) atoms. The molecule has 1 heterocycles. The monoisotopic (exact) mass is 300 g/mol. The van der Waals surface area contributed by atoms with E-state index in [0.29, 0.717) is 11.0 Å². The second-order valence-electron chi connectivity index (χ2n) is 4.12. The van der Waals surface area contributed by atoms with Crippen molar-refractivity contribution in [3.8, 4) is 0 Å². The van der Waals surface area contributed by atoms with Gasteiger partial charge in [-0.1, -0.05) is 6.07 Å². The molecule has 1 aromatic carbocycles. The number of rotatable bonds is 3. The molecule has 0 radical (unpaired) electrons. The van der Waals surface area contributed by atoms with Gasteiger partial charge in [0.15, 0.2) is 0 Å². The van der Waals surface area contributed by atoms with Crippen molar-refractivity contribution in [2.24, 2.45) is 0 Å². The molecule has 2 N–H and O–H groups in total. The Labute approximate surface area is 108 Å². The minimum atomic E-state index is -0.274. The van der Waals surface area contributed by atoms with Crippen LogP contribution in [0.3, 0.4) is 0 Å². The van der Waals surface area contributed by atoms with Crippen LogP contribution in [-0.4, -0.2) is 18.5 Å². The van der Waals surface area contributed by atoms with E-state index >= 15 is 0 Å². The van der Waals surface area contributed by atoms with Crippen molar-refractivity contribution in [2.75, 3.05) is 6.54 Å². The molecule has 1 atom stereocenters. The zero-order valence-corrected chi connectivity index (χ0v) is 10.9. The molecule has 1 aliphatic heterocycles. The van der Waals surface area contributed by atoms with Gasteiger partial charge >= 0.3 is 0 Å². The first-order valence-corrected chi connectivity index (χ1v) is 6.41. The molecular formula is C12H14BrFN2O. The van der Waals surface area contributed by atoms with E-state index in [0.717, 1.165) is 24.9 Å². The molecule has 0 aromatic heterocycles. The lowest BCUT2D eigenvalue weighted by Gasteiger charge is -2.22. The maximum absolute atomic E-state index is 13.0. The van der Waals surface area contributed by atoms with E-state index in [2.05, 4.69) is 26.6 Å². The SMILES string of the molecule is O=C1NCCCC1NCc1ccc(F)c(Br)c1. The van der Waals surface area contributed by atoms with Crippen molar-refractivity contribution in [3.05, 3.63) is 34.1 Å². The molecule has 0 aliphatic carbocycles. The van der Waals surface area contributed by atoms with E-state index < -0.39 is 0 Å². The molecule has 0 spiro atoms. The second kappa shape index (κ2) is 5.60. The zero-order chi connectivity index (χ0) is 12.3. The van der Waals surface area contributed by atoms with E-state index in [1.165, 1.54) is 6.07 Å². The lowest BCUT2D eigenvalue weighted by Crippen LogP contribution is -2.47. The lowest BCUT2D eigenvalue weighted by molar-refractivity contribution is -0.124. The van der Waals surface area contributed by atoms with Gasteiger partial charge in [-0.25, -0.2) is 4.39 Å². The summed E-state index contributed by atoms with van der Waals surface area (Å²) in [5, 5.41) is 6.00. The quantitative estimate of drug-likeness (QED) is 0.896. The number of hydrogen-bond acceptors (Lipinski definition) is 2. The summed E-state index contributed by atoms with van der Waals surface area (Å²) in [5.74, 6) is -0.221. The highest BCUT2D eigenvalue weighted by atomic mass is 79.9. The fourth-order valence-electron chi connectivity index (χ4n) is 1.86. The maximum atomic E-state index is 13.0. The van der Waals surface area contributed by atoms with Gasteiger partial charge in [0.25, 0.3) is 0 Å². The molecule has 0 bridgehead atoms. The van der Waals surface area contributed by atoms with Gasteiger partial charge < -0.3 is 10.6 Å². The van der Waals surface area contributed by atoms with Crippen LogP contribution in [0.5, 0.6) is 0 Å². The molecule has 1 aliphatic rings. The van der Waals surface area contributed by atoms with E-state index in [1.807, 2.05) is 0 Å². The van der Waals surface area contributed by atoms with Crippen LogP contribution in [0.2, 0.25) is 0 Å². The summed E-state index contributed by atoms with van der Waals surface area (Å²) in [5.41, 5.74) is 0.955. The van der Waals surface area contributed by atoms with Crippen molar-refractivity contribution in [1.29, 1.82) is 0 Å². The number of halogens is 2. The maximum Gasteiger partial charge on any atom is 0.237 e. The van der Waals surface area contributed by atoms with Crippen LogP contribution in [0.25, 0.3) is 0 Å². The Balaban J connectivity index is 1.92. The smallest absolute Gasteiger partial charge is 0.237 e. The topological polar surface area (TPSA) is 41.1 Å². The van der Waals surface area contributed by atoms with Crippen LogP contribution in [0.15, 0.2) is 22.7 Å². The minimum absolute atomic E-state index is 0.0532. The molecule has 0 saturated carbocycles. The van der Waals surface area contributed by atoms with Crippen molar-refractivity contribution in [3.63, 3.8) is 0 Å². The molecule has 3 nitrogen and oxygen atoms in total. The van der Waals surface area contributed by atoms with Gasteiger partial charge in [-0.2, -0.15) is 0 Å². The summed E-state index contributed by atoms with van der Waals surface area (Å²) < 4.78 is 13.5. The molecule has 1 saturated heterocycles. The number of amides is 1. The molecule has 2 rings (SSSR count). The van der Waals surface area contributed by atoms with Gasteiger partial charge in [0.05, 0.1) is 10.5 Å². The predicted molar refractivity (Wildman–Crippen MR) is 67.0 cm³/mol. The van der Waals surface area contributed by atoms with Gasteiger partial charge in [0.1, 0.15) is 5.82 Å². The average molecular weight is 301 g/mol. The normalized spacial score (nSPS) is 20.1. The second-order valence-corrected chi connectivity index (χ2v) is 4.97. The van der Waals surface area contributed by atoms with Gasteiger partial charge in [0.2, 0.25) is 5.91 Å². The highest BCUT2D eigenvalue weighted by Crippen LogP contribution is 2.17. The lowest BCUT2D eigenvalue weighted by atomic mass is 10.1. The van der Waals surface area contributed by atoms with Gasteiger partial charge in [-0.3, -0.25) is 4.79 Å². The minimum Gasteiger partial charge on any atom is -0.355 e. The Morgan fingerprint density at radius 1 is 1.53 bits per heavy atom. The summed E-state index contributed by atoms with van der Waals surface area (Å²) >= 11 is 3.14. The van der Waals surface area contributed by atoms with E-state index in [4.69, 9.17) is 0 Å². The van der Waals surface area contributed by atoms with Crippen molar-refractivity contribution < 1.29 is 9.18 Å². The largest absolute Gasteiger partial charge is 0.355 e. The summed E-state index contributed by atoms with van der Waals surface area (Å²) in [6, 6.07) is 4.73. The molecule has 1 unspecified atom stereocenters. The van der Waals surface area contributed by atoms with Crippen LogP contribution in [0.4, 0.5) is 4.39 Å². The van der Waals surface area contributed by atoms with Crippen LogP contribution >= 0.6 is 15.9 Å². The third kappa shape index (κ3) is 3.26. The number of hydrogen-bond donors (Lipinski definition) is 2. The number of nitrogens with one attached hydrogen (secondary N) is 2. The Morgan fingerprint density at radius 3 is 3.06 bits per heavy atom. The van der Waals surface area contributed by atoms with Crippen molar-refractivity contribution in [1.82, 2.24) is 10.6 Å². The molecule has 1 amide bonds. The van der Waals surface area contributed by atoms with Gasteiger partial charge in [-0.05, 0) is 46.5 Å². The Hall–Kier alpha value is -0.940. The first-order valence-electron chi connectivity index (χ1n) is 5.62. The fraction of sp³-hybridized carbons (Fsp3) is 0.417. The number of carbonyl (C=O) groups is 1. The predicted octanol–water partition coefficient (Wildman–Crippen LogP) is 1.96. The molecule has 92 valence electrons. The number of piperidine rings is 1. The first kappa shape index (κ1) is 12.5. The molecule has 1 aromatic rings. The van der Waals surface area contributed by atoms with E-state index in [1.54, 1.807) is 12.1 Å². The third-order valence-electron chi connectivity index (χ3n) is 2.82. The summed E-state index contributed by atoms with van der Waals surface area (Å²) in [7, 11) is 0. The summed E-state index contributed by atoms with van der Waals surface area (Å²) in [6.45, 7) is 1.33. The van der Waals surface area contributed by atoms with Crippen LogP contribution in [-0.2, 0) is 11.3 Å². The number of benzene rings is 1. The van der Waals surface area contributed by atoms with Crippen LogP contribution in [0, 0.1) is 5.82 Å². The zero-order valence-electron chi connectivity index (χ0n) is 9.30. The van der Waals surface area contributed by atoms with Crippen LogP contribution < -0.4 is 10.6 Å². The summed E-state index contributed by atoms with van der Waals surface area (Å²) in [6.07, 6.45) is 1.85. The average Bonchev–Trinajstić information content (AvgIpc) is 2.32. The van der Waals surface area contributed by atoms with Crippen molar-refractivity contribution in [2.45, 2.75) is 25.4 Å². The van der Waals surface area contributed by atoms with E-state index in [9.17, 15) is 9.18 Å². The molecular weight excluding hydrogens is 287 g/mol. The Morgan fingerprint density at radius 2 is 2.35 bits per heavy atom. The fourth-order valence-corrected chi connectivity index (χ4v) is 2.28. The Kier molecular flexibility index (Phi) is 4.12. The third-order valence-corrected chi connectivity index (χ3v) is 3.43. The highest BCUT2D eigenvalue weighted by Gasteiger charge is 2.20. The standard InChI is InChI=1S/C12H14BrFN2O/c13-9-6-8(3-4-10(9)14)7-16-11-2-1-5-15-12(11)17/h3-4,6,11,16H,1-2,5,7H2,(H,15,17). The molecule has 5 heteroatoms. The number of carbonyl (C=O) groups excluding carboxylic acids is 1. The van der Waals surface area contributed by atoms with Gasteiger partial charge in [-0.15, -0.1) is 0 Å². The summed E-state index contributed by atoms with van der Waals surface area (Å²) in [4.78, 5) is 11.5. The highest BCUT2D eigenvalue weighted by molar-refractivity contribution is 9.10. The first-order chi connectivity index (χ1) is 8.16. The Bertz CT molecular complexity index is 425.